The Bertz CT molecular complexity index is 529. The van der Waals surface area contributed by atoms with Gasteiger partial charge in [-0.15, -0.1) is 0 Å². The van der Waals surface area contributed by atoms with Gasteiger partial charge in [0.05, 0.1) is 0 Å². The van der Waals surface area contributed by atoms with Crippen LogP contribution in [0.5, 0.6) is 0 Å². The summed E-state index contributed by atoms with van der Waals surface area (Å²) in [6.07, 6.45) is 7.59. The Hall–Kier alpha value is -1.30. The smallest absolute Gasteiger partial charge is 0.349 e. The third-order valence-electron chi connectivity index (χ3n) is 6.08. The Balaban J connectivity index is 1.85. The van der Waals surface area contributed by atoms with E-state index in [1.807, 2.05) is 13.8 Å². The number of esters is 1. The van der Waals surface area contributed by atoms with Crippen LogP contribution in [0.1, 0.15) is 52.4 Å². The molecule has 0 N–H and O–H groups in total. The van der Waals surface area contributed by atoms with E-state index in [4.69, 9.17) is 4.74 Å². The maximum Gasteiger partial charge on any atom is 0.349 e. The van der Waals surface area contributed by atoms with Gasteiger partial charge in [-0.05, 0) is 75.5 Å². The van der Waals surface area contributed by atoms with Crippen LogP contribution < -0.4 is 0 Å². The van der Waals surface area contributed by atoms with Crippen LogP contribution in [0.2, 0.25) is 0 Å². The standard InChI is InChI=1S/C17H21NO2/c1-16(2)14(13(9-18)15(19)20-16)17-6-10-3-11(7-17)5-12(4-10)8-17/h10-12H,3-8H2,1-2H3. The number of rotatable bonds is 1. The van der Waals surface area contributed by atoms with Gasteiger partial charge in [0.15, 0.2) is 0 Å². The Morgan fingerprint density at radius 1 is 1.10 bits per heavy atom. The Kier molecular flexibility index (Phi) is 2.28. The molecule has 5 aliphatic rings. The van der Waals surface area contributed by atoms with Crippen molar-refractivity contribution in [3.8, 4) is 6.07 Å². The minimum atomic E-state index is -0.589. The van der Waals surface area contributed by atoms with Crippen LogP contribution in [0.3, 0.4) is 0 Å². The second-order valence-corrected chi connectivity index (χ2v) is 7.96. The van der Waals surface area contributed by atoms with E-state index in [0.717, 1.165) is 23.3 Å². The van der Waals surface area contributed by atoms with E-state index < -0.39 is 11.6 Å². The molecule has 106 valence electrons. The van der Waals surface area contributed by atoms with Gasteiger partial charge >= 0.3 is 5.97 Å². The fourth-order valence-electron chi connectivity index (χ4n) is 6.16. The van der Waals surface area contributed by atoms with Gasteiger partial charge in [0.2, 0.25) is 0 Å². The molecule has 0 atom stereocenters. The van der Waals surface area contributed by atoms with E-state index in [1.165, 1.54) is 38.5 Å². The zero-order valence-corrected chi connectivity index (χ0v) is 12.2. The summed E-state index contributed by atoms with van der Waals surface area (Å²) < 4.78 is 5.52. The fourth-order valence-corrected chi connectivity index (χ4v) is 6.16. The molecule has 3 heteroatoms. The van der Waals surface area contributed by atoms with E-state index in [0.29, 0.717) is 5.57 Å². The molecular formula is C17H21NO2. The molecule has 3 nitrogen and oxygen atoms in total. The first kappa shape index (κ1) is 12.4. The first-order valence-electron chi connectivity index (χ1n) is 7.82. The van der Waals surface area contributed by atoms with Crippen LogP contribution in [0.25, 0.3) is 0 Å². The Labute approximate surface area is 120 Å². The molecule has 0 amide bonds. The topological polar surface area (TPSA) is 50.1 Å². The zero-order chi connectivity index (χ0) is 14.1. The molecule has 1 aliphatic heterocycles. The van der Waals surface area contributed by atoms with Crippen LogP contribution in [-0.2, 0) is 9.53 Å². The van der Waals surface area contributed by atoms with Gasteiger partial charge < -0.3 is 4.74 Å². The zero-order valence-electron chi connectivity index (χ0n) is 12.2. The van der Waals surface area contributed by atoms with Crippen molar-refractivity contribution in [2.75, 3.05) is 0 Å². The summed E-state index contributed by atoms with van der Waals surface area (Å²) in [7, 11) is 0. The number of carbonyl (C=O) groups excluding carboxylic acids is 1. The molecule has 0 saturated heterocycles. The maximum atomic E-state index is 12.0. The predicted molar refractivity (Wildman–Crippen MR) is 73.4 cm³/mol. The molecule has 0 radical (unpaired) electrons. The fraction of sp³-hybridized carbons (Fsp3) is 0.765. The summed E-state index contributed by atoms with van der Waals surface area (Å²) >= 11 is 0. The Morgan fingerprint density at radius 3 is 2.05 bits per heavy atom. The second kappa shape index (κ2) is 3.67. The average molecular weight is 271 g/mol. The molecule has 20 heavy (non-hydrogen) atoms. The lowest BCUT2D eigenvalue weighted by Crippen LogP contribution is -2.50. The highest BCUT2D eigenvalue weighted by Crippen LogP contribution is 2.65. The number of carbonyl (C=O) groups is 1. The van der Waals surface area contributed by atoms with E-state index >= 15 is 0 Å². The highest BCUT2D eigenvalue weighted by Gasteiger charge is 2.58. The third-order valence-corrected chi connectivity index (χ3v) is 6.08. The van der Waals surface area contributed by atoms with E-state index in [2.05, 4.69) is 6.07 Å². The van der Waals surface area contributed by atoms with Crippen LogP contribution in [0.4, 0.5) is 0 Å². The minimum absolute atomic E-state index is 0.0788. The number of hydrogen-bond donors (Lipinski definition) is 0. The first-order valence-corrected chi connectivity index (χ1v) is 7.82. The van der Waals surface area contributed by atoms with Gasteiger partial charge in [-0.1, -0.05) is 0 Å². The van der Waals surface area contributed by atoms with E-state index in [-0.39, 0.29) is 5.41 Å². The number of hydrogen-bond acceptors (Lipinski definition) is 3. The van der Waals surface area contributed by atoms with Crippen molar-refractivity contribution < 1.29 is 9.53 Å². The SMILES string of the molecule is CC1(C)OC(=O)C(C#N)=C1C12CC3CC(CC(C3)C1)C2. The van der Waals surface area contributed by atoms with Gasteiger partial charge in [-0.2, -0.15) is 5.26 Å². The first-order chi connectivity index (χ1) is 9.43. The van der Waals surface area contributed by atoms with Crippen molar-refractivity contribution in [2.45, 2.75) is 58.0 Å². The number of nitriles is 1. The van der Waals surface area contributed by atoms with Gasteiger partial charge in [0, 0.05) is 5.57 Å². The largest absolute Gasteiger partial charge is 0.451 e. The van der Waals surface area contributed by atoms with Crippen molar-refractivity contribution >= 4 is 5.97 Å². The van der Waals surface area contributed by atoms with Crippen molar-refractivity contribution in [1.29, 1.82) is 5.26 Å². The lowest BCUT2D eigenvalue weighted by atomic mass is 9.46. The average Bonchev–Trinajstić information content (AvgIpc) is 2.56. The maximum absolute atomic E-state index is 12.0. The summed E-state index contributed by atoms with van der Waals surface area (Å²) in [4.78, 5) is 12.0. The van der Waals surface area contributed by atoms with Crippen molar-refractivity contribution in [2.24, 2.45) is 23.2 Å². The normalized spacial score (nSPS) is 44.6. The quantitative estimate of drug-likeness (QED) is 0.687. The monoisotopic (exact) mass is 271 g/mol. The summed E-state index contributed by atoms with van der Waals surface area (Å²) in [5, 5.41) is 9.43. The van der Waals surface area contributed by atoms with Gasteiger partial charge in [-0.25, -0.2) is 4.79 Å². The minimum Gasteiger partial charge on any atom is -0.451 e. The van der Waals surface area contributed by atoms with E-state index in [9.17, 15) is 10.1 Å². The summed E-state index contributed by atoms with van der Waals surface area (Å²) in [5.41, 5.74) is 0.845. The number of cyclic esters (lactones) is 1. The molecular weight excluding hydrogens is 250 g/mol. The molecule has 0 unspecified atom stereocenters. The molecule has 5 rings (SSSR count). The molecule has 4 saturated carbocycles. The number of ether oxygens (including phenoxy) is 1. The molecule has 0 aromatic heterocycles. The highest BCUT2D eigenvalue weighted by molar-refractivity contribution is 5.97. The molecule has 0 aromatic rings. The summed E-state index contributed by atoms with van der Waals surface area (Å²) in [5.74, 6) is 2.02. The molecule has 1 heterocycles. The third kappa shape index (κ3) is 1.48. The van der Waals surface area contributed by atoms with Crippen LogP contribution in [0.15, 0.2) is 11.1 Å². The molecule has 0 spiro atoms. The molecule has 0 aromatic carbocycles. The number of nitrogens with zero attached hydrogens (tertiary/aromatic N) is 1. The van der Waals surface area contributed by atoms with Crippen molar-refractivity contribution in [1.82, 2.24) is 0 Å². The van der Waals surface area contributed by atoms with Crippen LogP contribution in [-0.4, -0.2) is 11.6 Å². The van der Waals surface area contributed by atoms with Crippen LogP contribution in [0, 0.1) is 34.5 Å². The Morgan fingerprint density at radius 2 is 1.60 bits per heavy atom. The van der Waals surface area contributed by atoms with Gasteiger partial charge in [-0.3, -0.25) is 0 Å². The summed E-state index contributed by atoms with van der Waals surface area (Å²) in [6.45, 7) is 3.92. The lowest BCUT2D eigenvalue weighted by molar-refractivity contribution is -0.145. The lowest BCUT2D eigenvalue weighted by Gasteiger charge is -2.58. The van der Waals surface area contributed by atoms with Crippen LogP contribution >= 0.6 is 0 Å². The highest BCUT2D eigenvalue weighted by atomic mass is 16.6. The molecule has 4 bridgehead atoms. The summed E-state index contributed by atoms with van der Waals surface area (Å²) in [6, 6.07) is 2.15. The van der Waals surface area contributed by atoms with Crippen molar-refractivity contribution in [3.05, 3.63) is 11.1 Å². The van der Waals surface area contributed by atoms with Gasteiger partial charge in [0.1, 0.15) is 17.2 Å². The molecule has 4 fully saturated rings. The van der Waals surface area contributed by atoms with Crippen molar-refractivity contribution in [3.63, 3.8) is 0 Å². The second-order valence-electron chi connectivity index (χ2n) is 7.96. The predicted octanol–water partition coefficient (Wildman–Crippen LogP) is 3.36. The van der Waals surface area contributed by atoms with E-state index in [1.54, 1.807) is 0 Å². The van der Waals surface area contributed by atoms with Gasteiger partial charge in [0.25, 0.3) is 0 Å². The molecule has 4 aliphatic carbocycles.